The summed E-state index contributed by atoms with van der Waals surface area (Å²) in [6.07, 6.45) is 0.285. The summed E-state index contributed by atoms with van der Waals surface area (Å²) in [4.78, 5) is 24.4. The molecule has 5 heteroatoms. The van der Waals surface area contributed by atoms with Crippen LogP contribution in [0.2, 0.25) is 0 Å². The fraction of sp³-hybridized carbons (Fsp3) is 0.273. The van der Waals surface area contributed by atoms with Crippen LogP contribution in [0.15, 0.2) is 27.4 Å². The lowest BCUT2D eigenvalue weighted by Crippen LogP contribution is -2.13. The Kier molecular flexibility index (Phi) is 2.62. The van der Waals surface area contributed by atoms with E-state index in [1.165, 1.54) is 6.92 Å². The van der Waals surface area contributed by atoms with Gasteiger partial charge in [-0.1, -0.05) is 6.07 Å². The minimum atomic E-state index is -0.493. The third-order valence-corrected chi connectivity index (χ3v) is 2.38. The normalized spacial score (nSPS) is 12.9. The average Bonchev–Trinajstić information content (AvgIpc) is 2.55. The van der Waals surface area contributed by atoms with E-state index < -0.39 is 5.76 Å². The first-order valence-corrected chi connectivity index (χ1v) is 4.94. The van der Waals surface area contributed by atoms with Crippen molar-refractivity contribution in [3.8, 4) is 0 Å². The monoisotopic (exact) mass is 220 g/mol. The van der Waals surface area contributed by atoms with Crippen LogP contribution in [0.4, 0.5) is 0 Å². The zero-order valence-corrected chi connectivity index (χ0v) is 8.82. The summed E-state index contributed by atoms with van der Waals surface area (Å²) < 4.78 is 4.86. The summed E-state index contributed by atoms with van der Waals surface area (Å²) in [7, 11) is 0. The molecule has 1 atom stereocenters. The molecule has 0 amide bonds. The zero-order chi connectivity index (χ0) is 11.7. The Bertz CT molecular complexity index is 582. The van der Waals surface area contributed by atoms with Gasteiger partial charge in [0.25, 0.3) is 0 Å². The lowest BCUT2D eigenvalue weighted by atomic mass is 10.0. The molecule has 0 saturated heterocycles. The van der Waals surface area contributed by atoms with Crippen LogP contribution in [-0.2, 0) is 4.79 Å². The van der Waals surface area contributed by atoms with Gasteiger partial charge in [0.15, 0.2) is 5.58 Å². The molecule has 0 aliphatic rings. The minimum absolute atomic E-state index is 0.0354. The average molecular weight is 220 g/mol. The van der Waals surface area contributed by atoms with E-state index in [1.807, 2.05) is 0 Å². The van der Waals surface area contributed by atoms with E-state index in [0.717, 1.165) is 5.56 Å². The van der Waals surface area contributed by atoms with E-state index >= 15 is 0 Å². The number of hydrogen-bond donors (Lipinski definition) is 2. The van der Waals surface area contributed by atoms with Crippen molar-refractivity contribution in [2.45, 2.75) is 19.4 Å². The lowest BCUT2D eigenvalue weighted by Gasteiger charge is -2.09. The number of benzene rings is 1. The highest BCUT2D eigenvalue weighted by Crippen LogP contribution is 2.19. The minimum Gasteiger partial charge on any atom is -0.408 e. The maximum atomic E-state index is 10.9. The van der Waals surface area contributed by atoms with Crippen molar-refractivity contribution in [2.75, 3.05) is 0 Å². The number of carbonyl (C=O) groups is 1. The molecule has 16 heavy (non-hydrogen) atoms. The van der Waals surface area contributed by atoms with Gasteiger partial charge < -0.3 is 10.2 Å². The molecule has 0 aliphatic carbocycles. The first kappa shape index (κ1) is 10.6. The van der Waals surface area contributed by atoms with Crippen LogP contribution in [0.25, 0.3) is 11.1 Å². The van der Waals surface area contributed by atoms with Crippen molar-refractivity contribution in [3.63, 3.8) is 0 Å². The van der Waals surface area contributed by atoms with Crippen molar-refractivity contribution >= 4 is 16.9 Å². The number of carbonyl (C=O) groups excluding carboxylic acids is 1. The quantitative estimate of drug-likeness (QED) is 0.810. The van der Waals surface area contributed by atoms with Gasteiger partial charge in [0.2, 0.25) is 0 Å². The van der Waals surface area contributed by atoms with Crippen molar-refractivity contribution in [3.05, 3.63) is 34.3 Å². The predicted octanol–water partition coefficient (Wildman–Crippen LogP) is 1.10. The Hall–Kier alpha value is -1.88. The lowest BCUT2D eigenvalue weighted by molar-refractivity contribution is -0.117. The van der Waals surface area contributed by atoms with Crippen LogP contribution in [0.5, 0.6) is 0 Å². The Balaban J connectivity index is 2.38. The fourth-order valence-corrected chi connectivity index (χ4v) is 1.63. The van der Waals surface area contributed by atoms with Crippen LogP contribution >= 0.6 is 0 Å². The second kappa shape index (κ2) is 3.94. The summed E-state index contributed by atoms with van der Waals surface area (Å²) in [6.45, 7) is 1.50. The molecule has 2 rings (SSSR count). The highest BCUT2D eigenvalue weighted by Gasteiger charge is 2.10. The molecule has 1 aromatic carbocycles. The highest BCUT2D eigenvalue weighted by molar-refractivity contribution is 5.77. The number of rotatable bonds is 3. The first-order chi connectivity index (χ1) is 7.56. The summed E-state index contributed by atoms with van der Waals surface area (Å²) in [6, 6.07) is 4.81. The number of nitrogens with one attached hydrogen (secondary N) is 1. The van der Waals surface area contributed by atoms with E-state index in [2.05, 4.69) is 4.98 Å². The molecule has 1 aromatic heterocycles. The Labute approximate surface area is 91.2 Å². The van der Waals surface area contributed by atoms with E-state index in [4.69, 9.17) is 10.2 Å². The van der Waals surface area contributed by atoms with Crippen molar-refractivity contribution in [1.29, 1.82) is 0 Å². The number of H-pyrrole nitrogens is 1. The maximum Gasteiger partial charge on any atom is 0.417 e. The number of ketones is 1. The Morgan fingerprint density at radius 3 is 3.00 bits per heavy atom. The fourth-order valence-electron chi connectivity index (χ4n) is 1.63. The molecule has 0 aliphatic heterocycles. The van der Waals surface area contributed by atoms with Crippen LogP contribution < -0.4 is 11.5 Å². The van der Waals surface area contributed by atoms with Crippen molar-refractivity contribution < 1.29 is 9.21 Å². The number of oxazole rings is 1. The summed E-state index contributed by atoms with van der Waals surface area (Å²) in [5.41, 5.74) is 7.74. The number of Topliss-reactive ketones (excluding diaryl/α,β-unsaturated/α-hetero) is 1. The number of nitrogens with two attached hydrogens (primary N) is 1. The molecule has 5 nitrogen and oxygen atoms in total. The molecule has 3 N–H and O–H groups in total. The summed E-state index contributed by atoms with van der Waals surface area (Å²) in [5, 5.41) is 0. The molecule has 0 radical (unpaired) electrons. The molecule has 0 fully saturated rings. The number of fused-ring (bicyclic) bond motifs is 1. The maximum absolute atomic E-state index is 10.9. The van der Waals surface area contributed by atoms with Gasteiger partial charge in [-0.05, 0) is 24.6 Å². The van der Waals surface area contributed by atoms with Gasteiger partial charge in [-0.2, -0.15) is 0 Å². The van der Waals surface area contributed by atoms with E-state index in [1.54, 1.807) is 18.2 Å². The van der Waals surface area contributed by atoms with Crippen LogP contribution in [-0.4, -0.2) is 10.8 Å². The van der Waals surface area contributed by atoms with Gasteiger partial charge in [0, 0.05) is 12.5 Å². The molecule has 2 aromatic rings. The molecular weight excluding hydrogens is 208 g/mol. The molecule has 0 saturated carbocycles. The molecule has 0 bridgehead atoms. The Morgan fingerprint density at radius 1 is 1.56 bits per heavy atom. The smallest absolute Gasteiger partial charge is 0.408 e. The van der Waals surface area contributed by atoms with Gasteiger partial charge in [0.1, 0.15) is 5.78 Å². The second-order valence-electron chi connectivity index (χ2n) is 3.78. The van der Waals surface area contributed by atoms with Gasteiger partial charge in [0.05, 0.1) is 5.52 Å². The molecule has 0 spiro atoms. The summed E-state index contributed by atoms with van der Waals surface area (Å²) in [5.74, 6) is -0.458. The standard InChI is InChI=1S/C11H12N2O3/c1-6(14)4-8(12)7-2-3-10-9(5-7)13-11(15)16-10/h2-3,5,8H,4,12H2,1H3,(H,13,15). The highest BCUT2D eigenvalue weighted by atomic mass is 16.4. The second-order valence-corrected chi connectivity index (χ2v) is 3.78. The SMILES string of the molecule is CC(=O)CC(N)c1ccc2oc(=O)[nH]c2c1. The van der Waals surface area contributed by atoms with Gasteiger partial charge >= 0.3 is 5.76 Å². The van der Waals surface area contributed by atoms with Crippen LogP contribution in [0, 0.1) is 0 Å². The molecule has 84 valence electrons. The third-order valence-electron chi connectivity index (χ3n) is 2.38. The molecular formula is C11H12N2O3. The zero-order valence-electron chi connectivity index (χ0n) is 8.82. The summed E-state index contributed by atoms with van der Waals surface area (Å²) >= 11 is 0. The van der Waals surface area contributed by atoms with Crippen LogP contribution in [0.1, 0.15) is 24.9 Å². The van der Waals surface area contributed by atoms with Gasteiger partial charge in [-0.15, -0.1) is 0 Å². The van der Waals surface area contributed by atoms with Crippen molar-refractivity contribution in [2.24, 2.45) is 5.73 Å². The molecule has 1 unspecified atom stereocenters. The third kappa shape index (κ3) is 2.04. The van der Waals surface area contributed by atoms with Gasteiger partial charge in [-0.25, -0.2) is 4.79 Å². The van der Waals surface area contributed by atoms with Crippen LogP contribution in [0.3, 0.4) is 0 Å². The topological polar surface area (TPSA) is 89.1 Å². The number of aromatic nitrogens is 1. The Morgan fingerprint density at radius 2 is 2.31 bits per heavy atom. The number of hydrogen-bond acceptors (Lipinski definition) is 4. The first-order valence-electron chi connectivity index (χ1n) is 4.94. The van der Waals surface area contributed by atoms with E-state index in [0.29, 0.717) is 11.1 Å². The van der Waals surface area contributed by atoms with Crippen molar-refractivity contribution in [1.82, 2.24) is 4.98 Å². The number of aromatic amines is 1. The van der Waals surface area contributed by atoms with E-state index in [-0.39, 0.29) is 18.2 Å². The molecule has 1 heterocycles. The predicted molar refractivity (Wildman–Crippen MR) is 59.1 cm³/mol. The van der Waals surface area contributed by atoms with Gasteiger partial charge in [-0.3, -0.25) is 9.78 Å². The van der Waals surface area contributed by atoms with E-state index in [9.17, 15) is 9.59 Å². The largest absolute Gasteiger partial charge is 0.417 e.